The lowest BCUT2D eigenvalue weighted by Crippen LogP contribution is -2.58. The van der Waals surface area contributed by atoms with E-state index in [4.69, 9.17) is 26.1 Å². The summed E-state index contributed by atoms with van der Waals surface area (Å²) in [6, 6.07) is 14.1. The van der Waals surface area contributed by atoms with Crippen LogP contribution in [0.2, 0.25) is 5.02 Å². The van der Waals surface area contributed by atoms with E-state index in [0.717, 1.165) is 18.4 Å². The van der Waals surface area contributed by atoms with E-state index in [1.165, 1.54) is 4.90 Å². The van der Waals surface area contributed by atoms with Crippen LogP contribution in [0.4, 0.5) is 15.3 Å². The molecule has 2 aromatic carbocycles. The van der Waals surface area contributed by atoms with Gasteiger partial charge in [-0.2, -0.15) is 0 Å². The molecule has 2 unspecified atom stereocenters. The van der Waals surface area contributed by atoms with Gasteiger partial charge in [-0.25, -0.2) is 14.6 Å². The highest BCUT2D eigenvalue weighted by atomic mass is 35.5. The largest absolute Gasteiger partial charge is 0.465 e. The van der Waals surface area contributed by atoms with Crippen LogP contribution in [0.1, 0.15) is 50.2 Å². The Bertz CT molecular complexity index is 1260. The Kier molecular flexibility index (Phi) is 7.27. The van der Waals surface area contributed by atoms with Gasteiger partial charge in [-0.05, 0) is 44.2 Å². The Hall–Kier alpha value is -3.63. The summed E-state index contributed by atoms with van der Waals surface area (Å²) in [6.07, 6.45) is 1.22. The third-order valence-electron chi connectivity index (χ3n) is 7.22. The molecule has 2 saturated heterocycles. The van der Waals surface area contributed by atoms with Crippen molar-refractivity contribution >= 4 is 41.3 Å². The summed E-state index contributed by atoms with van der Waals surface area (Å²) >= 11 is 6.71. The first-order valence-electron chi connectivity index (χ1n) is 12.6. The number of fused-ring (bicyclic) bond motifs is 2. The molecule has 5 rings (SSSR count). The van der Waals surface area contributed by atoms with E-state index in [0.29, 0.717) is 24.1 Å². The minimum Gasteiger partial charge on any atom is -0.465 e. The molecular formula is C27H29ClN4O6. The maximum atomic E-state index is 13.5. The van der Waals surface area contributed by atoms with Crippen molar-refractivity contribution in [1.82, 2.24) is 10.2 Å². The van der Waals surface area contributed by atoms with E-state index in [9.17, 15) is 19.5 Å². The quantitative estimate of drug-likeness (QED) is 0.496. The van der Waals surface area contributed by atoms with Crippen molar-refractivity contribution in [3.05, 3.63) is 64.7 Å². The smallest absolute Gasteiger partial charge is 0.412 e. The summed E-state index contributed by atoms with van der Waals surface area (Å²) in [5, 5.41) is 14.7. The van der Waals surface area contributed by atoms with Gasteiger partial charge in [0.05, 0.1) is 34.9 Å². The van der Waals surface area contributed by atoms with Crippen LogP contribution in [-0.4, -0.2) is 52.3 Å². The Morgan fingerprint density at radius 1 is 1.13 bits per heavy atom. The average molecular weight is 541 g/mol. The van der Waals surface area contributed by atoms with E-state index in [1.54, 1.807) is 25.1 Å². The summed E-state index contributed by atoms with van der Waals surface area (Å²) in [5.41, 5.74) is 0.441. The number of aliphatic imine (C=N–C) groups is 1. The average Bonchev–Trinajstić information content (AvgIpc) is 3.21. The second kappa shape index (κ2) is 10.6. The van der Waals surface area contributed by atoms with E-state index >= 15 is 0 Å². The lowest BCUT2D eigenvalue weighted by Gasteiger charge is -2.42. The number of halogens is 1. The molecule has 0 saturated carbocycles. The first-order valence-corrected chi connectivity index (χ1v) is 12.9. The Morgan fingerprint density at radius 2 is 1.84 bits per heavy atom. The topological polar surface area (TPSA) is 130 Å². The molecule has 4 atom stereocenters. The number of hydrogen-bond donors (Lipinski definition) is 3. The fourth-order valence-corrected chi connectivity index (χ4v) is 5.87. The molecular weight excluding hydrogens is 512 g/mol. The number of nitrogens with zero attached hydrogens (tertiary/aromatic N) is 2. The molecule has 38 heavy (non-hydrogen) atoms. The van der Waals surface area contributed by atoms with Crippen LogP contribution in [0.5, 0.6) is 0 Å². The molecule has 10 nitrogen and oxygen atoms in total. The van der Waals surface area contributed by atoms with Gasteiger partial charge >= 0.3 is 12.2 Å². The third kappa shape index (κ3) is 5.46. The summed E-state index contributed by atoms with van der Waals surface area (Å²) in [4.78, 5) is 43.8. The van der Waals surface area contributed by atoms with Gasteiger partial charge < -0.3 is 14.6 Å². The van der Waals surface area contributed by atoms with Crippen LogP contribution in [0.3, 0.4) is 0 Å². The second-order valence-electron chi connectivity index (χ2n) is 10.0. The Labute approximate surface area is 225 Å². The number of carboxylic acid groups (broad SMARTS) is 1. The molecule has 0 spiro atoms. The molecule has 0 aromatic heterocycles. The third-order valence-corrected chi connectivity index (χ3v) is 7.63. The molecule has 0 radical (unpaired) electrons. The number of carbonyl (C=O) groups is 3. The van der Waals surface area contributed by atoms with E-state index < -0.39 is 17.7 Å². The summed E-state index contributed by atoms with van der Waals surface area (Å²) in [6.45, 7) is 1.81. The summed E-state index contributed by atoms with van der Waals surface area (Å²) in [5.74, 6) is -0.284. The Morgan fingerprint density at radius 3 is 2.53 bits per heavy atom. The van der Waals surface area contributed by atoms with Crippen molar-refractivity contribution in [1.29, 1.82) is 0 Å². The van der Waals surface area contributed by atoms with E-state index in [1.807, 2.05) is 30.3 Å². The zero-order valence-electron chi connectivity index (χ0n) is 20.9. The maximum absolute atomic E-state index is 13.5. The number of ether oxygens (including phenoxy) is 2. The highest BCUT2D eigenvalue weighted by molar-refractivity contribution is 6.34. The number of hydrogen-bond acceptors (Lipinski definition) is 6. The van der Waals surface area contributed by atoms with Gasteiger partial charge in [0.15, 0.2) is 0 Å². The number of carbonyl (C=O) groups excluding carboxylic acids is 2. The van der Waals surface area contributed by atoms with Crippen molar-refractivity contribution in [2.45, 2.75) is 69.4 Å². The second-order valence-corrected chi connectivity index (χ2v) is 10.4. The first kappa shape index (κ1) is 26.0. The monoisotopic (exact) mass is 540 g/mol. The minimum absolute atomic E-state index is 0.0217. The predicted octanol–water partition coefficient (Wildman–Crippen LogP) is 4.87. The van der Waals surface area contributed by atoms with Crippen LogP contribution < -0.4 is 10.6 Å². The molecule has 2 aromatic rings. The first-order chi connectivity index (χ1) is 18.2. The fraction of sp³-hybridized carbons (Fsp3) is 0.407. The fourth-order valence-electron chi connectivity index (χ4n) is 5.50. The van der Waals surface area contributed by atoms with Crippen LogP contribution in [0, 0.1) is 0 Å². The number of amides is 3. The number of anilines is 1. The predicted molar refractivity (Wildman–Crippen MR) is 140 cm³/mol. The highest BCUT2D eigenvalue weighted by Gasteiger charge is 2.46. The van der Waals surface area contributed by atoms with E-state index in [-0.39, 0.29) is 48.2 Å². The molecule has 3 aliphatic rings. The van der Waals surface area contributed by atoms with Gasteiger partial charge in [-0.3, -0.25) is 20.3 Å². The van der Waals surface area contributed by atoms with Crippen LogP contribution in [0.25, 0.3) is 0 Å². The van der Waals surface area contributed by atoms with Crippen molar-refractivity contribution in [2.75, 3.05) is 5.32 Å². The maximum Gasteiger partial charge on any atom is 0.412 e. The van der Waals surface area contributed by atoms with Crippen molar-refractivity contribution < 1.29 is 29.0 Å². The molecule has 11 heteroatoms. The molecule has 200 valence electrons. The zero-order chi connectivity index (χ0) is 26.9. The van der Waals surface area contributed by atoms with Gasteiger partial charge in [-0.15, -0.1) is 0 Å². The van der Waals surface area contributed by atoms with Crippen molar-refractivity contribution in [2.24, 2.45) is 4.99 Å². The summed E-state index contributed by atoms with van der Waals surface area (Å²) < 4.78 is 11.2. The molecule has 3 N–H and O–H groups in total. The van der Waals surface area contributed by atoms with Crippen molar-refractivity contribution in [3.63, 3.8) is 0 Å². The van der Waals surface area contributed by atoms with Gasteiger partial charge in [0.1, 0.15) is 6.61 Å². The lowest BCUT2D eigenvalue weighted by molar-refractivity contribution is -0.134. The number of nitrogens with one attached hydrogen (secondary N) is 2. The molecule has 2 fully saturated rings. The lowest BCUT2D eigenvalue weighted by atomic mass is 9.86. The zero-order valence-corrected chi connectivity index (χ0v) is 21.6. The van der Waals surface area contributed by atoms with Gasteiger partial charge in [0.25, 0.3) is 0 Å². The van der Waals surface area contributed by atoms with Crippen LogP contribution >= 0.6 is 11.6 Å². The highest BCUT2D eigenvalue weighted by Crippen LogP contribution is 2.42. The Balaban J connectivity index is 1.38. The standard InChI is InChI=1S/C27H29ClN4O6/c1-27(20-8-5-9-21(23(20)28)29-26(36)37-15-16-6-3-2-4-7-16)14-22(33)32(24(31-27)30-25(34)35)17-12-18-10-11-19(13-17)38-18/h2-9,17-19H,10-15H2,1H3,(H,29,36)(H,30,31)(H,34,35)/t17?,18-,19?,27+/m1/s1. The molecule has 3 aliphatic heterocycles. The SMILES string of the molecule is C[C@@]1(c2cccc(NC(=O)OCc3ccccc3)c2Cl)CC(=O)N(C2CC3CC[C@H](C2)O3)C(NC(=O)O)=N1. The van der Waals surface area contributed by atoms with Gasteiger partial charge in [0, 0.05) is 11.6 Å². The van der Waals surface area contributed by atoms with E-state index in [2.05, 4.69) is 10.6 Å². The van der Waals surface area contributed by atoms with Crippen LogP contribution in [0.15, 0.2) is 53.5 Å². The van der Waals surface area contributed by atoms with Gasteiger partial charge in [0.2, 0.25) is 11.9 Å². The van der Waals surface area contributed by atoms with Crippen LogP contribution in [-0.2, 0) is 26.4 Å². The minimum atomic E-state index is -1.32. The number of guanidine groups is 1. The molecule has 3 heterocycles. The molecule has 3 amide bonds. The van der Waals surface area contributed by atoms with Crippen molar-refractivity contribution in [3.8, 4) is 0 Å². The molecule has 0 aliphatic carbocycles. The number of benzene rings is 2. The normalized spacial score (nSPS) is 26.5. The number of rotatable bonds is 5. The summed E-state index contributed by atoms with van der Waals surface area (Å²) in [7, 11) is 0. The molecule has 2 bridgehead atoms. The van der Waals surface area contributed by atoms with Gasteiger partial charge in [-0.1, -0.05) is 54.1 Å².